The minimum atomic E-state index is -3.36. The van der Waals surface area contributed by atoms with Crippen LogP contribution < -0.4 is 4.72 Å². The molecular weight excluding hydrogens is 253 g/mol. The van der Waals surface area contributed by atoms with Gasteiger partial charge in [0.15, 0.2) is 0 Å². The van der Waals surface area contributed by atoms with Crippen LogP contribution in [-0.4, -0.2) is 20.1 Å². The number of sulfonamides is 1. The number of benzene rings is 1. The normalized spacial score (nSPS) is 11.6. The Hall–Kier alpha value is -0.650. The van der Waals surface area contributed by atoms with Crippen LogP contribution in [0.25, 0.3) is 0 Å². The number of hydrogen-bond acceptors (Lipinski definition) is 2. The highest BCUT2D eigenvalue weighted by Gasteiger charge is 2.10. The molecule has 0 spiro atoms. The average Bonchev–Trinajstić information content (AvgIpc) is 2.26. The first kappa shape index (κ1) is 13.4. The first-order valence-corrected chi connectivity index (χ1v) is 7.00. The van der Waals surface area contributed by atoms with Gasteiger partial charge in [0.2, 0.25) is 10.0 Å². The molecule has 1 aromatic carbocycles. The van der Waals surface area contributed by atoms with Crippen molar-refractivity contribution in [1.82, 2.24) is 4.72 Å². The van der Waals surface area contributed by atoms with Crippen molar-refractivity contribution >= 4 is 21.6 Å². The van der Waals surface area contributed by atoms with E-state index in [1.807, 2.05) is 0 Å². The average molecular weight is 266 g/mol. The van der Waals surface area contributed by atoms with E-state index in [4.69, 9.17) is 11.6 Å². The molecule has 90 valence electrons. The van der Waals surface area contributed by atoms with E-state index in [-0.39, 0.29) is 12.3 Å². The van der Waals surface area contributed by atoms with Gasteiger partial charge in [-0.05, 0) is 12.5 Å². The fourth-order valence-electron chi connectivity index (χ4n) is 1.15. The monoisotopic (exact) mass is 265 g/mol. The number of halogens is 2. The Balaban J connectivity index is 2.55. The maximum absolute atomic E-state index is 13.2. The van der Waals surface area contributed by atoms with Gasteiger partial charge in [-0.1, -0.05) is 18.2 Å². The molecule has 0 bridgehead atoms. The molecule has 0 aliphatic heterocycles. The zero-order valence-corrected chi connectivity index (χ0v) is 10.2. The molecule has 0 saturated heterocycles. The Morgan fingerprint density at radius 1 is 1.31 bits per heavy atom. The number of hydrogen-bond donors (Lipinski definition) is 1. The van der Waals surface area contributed by atoms with Crippen molar-refractivity contribution in [2.24, 2.45) is 0 Å². The fraction of sp³-hybridized carbons (Fsp3) is 0.400. The van der Waals surface area contributed by atoms with Gasteiger partial charge in [0.25, 0.3) is 0 Å². The molecule has 0 atom stereocenters. The van der Waals surface area contributed by atoms with Crippen LogP contribution in [0.4, 0.5) is 4.39 Å². The van der Waals surface area contributed by atoms with E-state index in [0.29, 0.717) is 17.9 Å². The number of nitrogens with one attached hydrogen (secondary N) is 1. The standard InChI is InChI=1S/C10H13ClFNO2S/c11-6-3-7-16(14,15)13-8-9-4-1-2-5-10(9)12/h1-2,4-5,13H,3,6-8H2. The summed E-state index contributed by atoms with van der Waals surface area (Å²) >= 11 is 5.40. The molecule has 0 radical (unpaired) electrons. The van der Waals surface area contributed by atoms with Crippen LogP contribution in [0.1, 0.15) is 12.0 Å². The maximum Gasteiger partial charge on any atom is 0.211 e. The van der Waals surface area contributed by atoms with Gasteiger partial charge in [-0.15, -0.1) is 11.6 Å². The molecule has 0 amide bonds. The van der Waals surface area contributed by atoms with Gasteiger partial charge in [0.1, 0.15) is 5.82 Å². The molecule has 0 aromatic heterocycles. The van der Waals surface area contributed by atoms with Gasteiger partial charge in [0, 0.05) is 18.0 Å². The third-order valence-corrected chi connectivity index (χ3v) is 3.66. The van der Waals surface area contributed by atoms with Crippen molar-refractivity contribution in [2.45, 2.75) is 13.0 Å². The second-order valence-corrected chi connectivity index (χ2v) is 5.58. The van der Waals surface area contributed by atoms with Crippen LogP contribution in [0.2, 0.25) is 0 Å². The van der Waals surface area contributed by atoms with E-state index in [9.17, 15) is 12.8 Å². The lowest BCUT2D eigenvalue weighted by Gasteiger charge is -2.06. The zero-order valence-electron chi connectivity index (χ0n) is 8.62. The Morgan fingerprint density at radius 2 is 2.00 bits per heavy atom. The molecule has 6 heteroatoms. The predicted octanol–water partition coefficient (Wildman–Crippen LogP) is 1.87. The molecular formula is C10H13ClFNO2S. The van der Waals surface area contributed by atoms with Crippen LogP contribution in [0.15, 0.2) is 24.3 Å². The lowest BCUT2D eigenvalue weighted by molar-refractivity contribution is 0.573. The fourth-order valence-corrected chi connectivity index (χ4v) is 2.48. The summed E-state index contributed by atoms with van der Waals surface area (Å²) in [6.07, 6.45) is 0.383. The van der Waals surface area contributed by atoms with Crippen LogP contribution >= 0.6 is 11.6 Å². The van der Waals surface area contributed by atoms with Crippen LogP contribution in [0.3, 0.4) is 0 Å². The minimum Gasteiger partial charge on any atom is -0.212 e. The summed E-state index contributed by atoms with van der Waals surface area (Å²) in [5, 5.41) is 0. The van der Waals surface area contributed by atoms with Crippen molar-refractivity contribution in [1.29, 1.82) is 0 Å². The molecule has 0 heterocycles. The van der Waals surface area contributed by atoms with E-state index in [2.05, 4.69) is 4.72 Å². The van der Waals surface area contributed by atoms with E-state index in [0.717, 1.165) is 0 Å². The smallest absolute Gasteiger partial charge is 0.211 e. The highest BCUT2D eigenvalue weighted by Crippen LogP contribution is 2.06. The molecule has 16 heavy (non-hydrogen) atoms. The zero-order chi connectivity index (χ0) is 12.0. The van der Waals surface area contributed by atoms with Crippen molar-refractivity contribution in [2.75, 3.05) is 11.6 Å². The molecule has 3 nitrogen and oxygen atoms in total. The predicted molar refractivity (Wildman–Crippen MR) is 62.4 cm³/mol. The lowest BCUT2D eigenvalue weighted by Crippen LogP contribution is -2.26. The first-order valence-electron chi connectivity index (χ1n) is 4.82. The summed E-state index contributed by atoms with van der Waals surface area (Å²) in [4.78, 5) is 0. The van der Waals surface area contributed by atoms with E-state index >= 15 is 0 Å². The quantitative estimate of drug-likeness (QED) is 0.799. The highest BCUT2D eigenvalue weighted by atomic mass is 35.5. The summed E-state index contributed by atoms with van der Waals surface area (Å²) in [5.74, 6) is -0.159. The maximum atomic E-state index is 13.2. The van der Waals surface area contributed by atoms with Crippen molar-refractivity contribution < 1.29 is 12.8 Å². The Labute approximate surface area is 99.7 Å². The summed E-state index contributed by atoms with van der Waals surface area (Å²) in [6.45, 7) is -0.0305. The van der Waals surface area contributed by atoms with Crippen molar-refractivity contribution in [3.8, 4) is 0 Å². The van der Waals surface area contributed by atoms with E-state index in [1.165, 1.54) is 6.07 Å². The molecule has 1 aromatic rings. The lowest BCUT2D eigenvalue weighted by atomic mass is 10.2. The summed E-state index contributed by atoms with van der Waals surface area (Å²) < 4.78 is 38.2. The van der Waals surface area contributed by atoms with E-state index in [1.54, 1.807) is 18.2 Å². The van der Waals surface area contributed by atoms with Gasteiger partial charge in [-0.3, -0.25) is 0 Å². The van der Waals surface area contributed by atoms with Gasteiger partial charge in [-0.25, -0.2) is 17.5 Å². The molecule has 0 fully saturated rings. The molecule has 0 aliphatic carbocycles. The molecule has 1 rings (SSSR count). The second-order valence-electron chi connectivity index (χ2n) is 3.27. The molecule has 0 unspecified atom stereocenters. The topological polar surface area (TPSA) is 46.2 Å². The summed E-state index contributed by atoms with van der Waals surface area (Å²) in [6, 6.07) is 6.05. The number of alkyl halides is 1. The van der Waals surface area contributed by atoms with Gasteiger partial charge < -0.3 is 0 Å². The molecule has 0 saturated carbocycles. The van der Waals surface area contributed by atoms with Crippen LogP contribution in [0.5, 0.6) is 0 Å². The van der Waals surface area contributed by atoms with Crippen LogP contribution in [0, 0.1) is 5.82 Å². The van der Waals surface area contributed by atoms with Gasteiger partial charge in [-0.2, -0.15) is 0 Å². The SMILES string of the molecule is O=S(=O)(CCCCl)NCc1ccccc1F. The van der Waals surface area contributed by atoms with E-state index < -0.39 is 15.8 Å². The highest BCUT2D eigenvalue weighted by molar-refractivity contribution is 7.89. The molecule has 0 aliphatic rings. The third-order valence-electron chi connectivity index (χ3n) is 1.99. The third kappa shape index (κ3) is 4.47. The van der Waals surface area contributed by atoms with Crippen molar-refractivity contribution in [3.63, 3.8) is 0 Å². The van der Waals surface area contributed by atoms with Gasteiger partial charge in [0.05, 0.1) is 5.75 Å². The van der Waals surface area contributed by atoms with Gasteiger partial charge >= 0.3 is 0 Å². The van der Waals surface area contributed by atoms with Crippen LogP contribution in [-0.2, 0) is 16.6 Å². The van der Waals surface area contributed by atoms with Crippen molar-refractivity contribution in [3.05, 3.63) is 35.6 Å². The Morgan fingerprint density at radius 3 is 2.62 bits per heavy atom. The second kappa shape index (κ2) is 6.18. The summed E-state index contributed by atoms with van der Waals surface area (Å²) in [7, 11) is -3.36. The largest absolute Gasteiger partial charge is 0.212 e. The first-order chi connectivity index (χ1) is 7.55. The molecule has 1 N–H and O–H groups in total. The Kier molecular flexibility index (Phi) is 5.18. The number of rotatable bonds is 6. The summed E-state index contributed by atoms with van der Waals surface area (Å²) in [5.41, 5.74) is 0.331. The minimum absolute atomic E-state index is 0.0305. The Bertz CT molecular complexity index is 436.